The minimum absolute atomic E-state index is 0.0211. The fourth-order valence-corrected chi connectivity index (χ4v) is 3.51. The first-order valence-corrected chi connectivity index (χ1v) is 10.2. The summed E-state index contributed by atoms with van der Waals surface area (Å²) in [5.41, 5.74) is 7.46. The van der Waals surface area contributed by atoms with Gasteiger partial charge in [0.05, 0.1) is 5.94 Å². The molecule has 4 amide bonds. The van der Waals surface area contributed by atoms with Crippen molar-refractivity contribution < 1.29 is 24.4 Å². The smallest absolute Gasteiger partial charge is 0.426 e. The molecule has 2 rings (SSSR count). The Morgan fingerprint density at radius 1 is 1.17 bits per heavy atom. The molecule has 1 aromatic rings. The third-order valence-corrected chi connectivity index (χ3v) is 5.12. The van der Waals surface area contributed by atoms with Crippen molar-refractivity contribution in [2.75, 3.05) is 6.54 Å². The number of benzene rings is 1. The van der Waals surface area contributed by atoms with Crippen LogP contribution in [0.5, 0.6) is 0 Å². The van der Waals surface area contributed by atoms with Gasteiger partial charge in [0.15, 0.2) is 0 Å². The van der Waals surface area contributed by atoms with Crippen LogP contribution in [-0.2, 0) is 22.6 Å². The molecule has 164 valence electrons. The van der Waals surface area contributed by atoms with Crippen LogP contribution in [0.15, 0.2) is 24.3 Å². The summed E-state index contributed by atoms with van der Waals surface area (Å²) >= 11 is 0. The average molecular weight is 418 g/mol. The fourth-order valence-electron chi connectivity index (χ4n) is 3.51. The van der Waals surface area contributed by atoms with E-state index < -0.39 is 36.9 Å². The predicted molar refractivity (Wildman–Crippen MR) is 113 cm³/mol. The highest BCUT2D eigenvalue weighted by molar-refractivity contribution is 6.43. The Hall–Kier alpha value is -2.59. The summed E-state index contributed by atoms with van der Waals surface area (Å²) in [5.74, 6) is -1.94. The summed E-state index contributed by atoms with van der Waals surface area (Å²) < 4.78 is 0. The first-order valence-electron chi connectivity index (χ1n) is 10.2. The van der Waals surface area contributed by atoms with Gasteiger partial charge in [0.2, 0.25) is 11.8 Å². The molecule has 6 N–H and O–H groups in total. The van der Waals surface area contributed by atoms with Crippen LogP contribution in [0.2, 0.25) is 0 Å². The number of carbonyl (C=O) groups is 3. The monoisotopic (exact) mass is 418 g/mol. The summed E-state index contributed by atoms with van der Waals surface area (Å²) in [6.07, 6.45) is 1.00. The van der Waals surface area contributed by atoms with Gasteiger partial charge >= 0.3 is 13.1 Å². The van der Waals surface area contributed by atoms with Gasteiger partial charge in [-0.15, -0.1) is 0 Å². The van der Waals surface area contributed by atoms with Crippen molar-refractivity contribution in [1.29, 1.82) is 0 Å². The molecule has 1 heterocycles. The number of hydrogen-bond donors (Lipinski definition) is 5. The quantitative estimate of drug-likeness (QED) is 0.357. The highest BCUT2D eigenvalue weighted by Crippen LogP contribution is 2.18. The second kappa shape index (κ2) is 11.0. The lowest BCUT2D eigenvalue weighted by Crippen LogP contribution is -2.56. The molecule has 1 aliphatic heterocycles. The van der Waals surface area contributed by atoms with Crippen LogP contribution in [-0.4, -0.2) is 58.4 Å². The second-order valence-electron chi connectivity index (χ2n) is 8.11. The van der Waals surface area contributed by atoms with Gasteiger partial charge in [0, 0.05) is 19.5 Å². The number of urea groups is 1. The van der Waals surface area contributed by atoms with Crippen molar-refractivity contribution in [1.82, 2.24) is 15.5 Å². The first-order chi connectivity index (χ1) is 14.2. The lowest BCUT2D eigenvalue weighted by atomic mass is 9.75. The molecular formula is C20H31BN4O5. The normalized spacial score (nSPS) is 15.2. The summed E-state index contributed by atoms with van der Waals surface area (Å²) in [6, 6.07) is 6.43. The topological polar surface area (TPSA) is 145 Å². The number of rotatable bonds is 9. The Kier molecular flexibility index (Phi) is 8.67. The van der Waals surface area contributed by atoms with Gasteiger partial charge in [-0.25, -0.2) is 4.79 Å². The molecule has 0 saturated heterocycles. The van der Waals surface area contributed by atoms with Crippen molar-refractivity contribution in [3.05, 3.63) is 35.4 Å². The molecule has 10 heteroatoms. The molecule has 0 saturated carbocycles. The van der Waals surface area contributed by atoms with Crippen molar-refractivity contribution in [3.8, 4) is 0 Å². The minimum Gasteiger partial charge on any atom is -0.426 e. The van der Waals surface area contributed by atoms with E-state index in [9.17, 15) is 24.4 Å². The average Bonchev–Trinajstić information content (AvgIpc) is 2.69. The van der Waals surface area contributed by atoms with E-state index >= 15 is 0 Å². The summed E-state index contributed by atoms with van der Waals surface area (Å²) in [4.78, 5) is 38.4. The molecule has 1 aromatic carbocycles. The lowest BCUT2D eigenvalue weighted by molar-refractivity contribution is -0.124. The fraction of sp³-hybridized carbons (Fsp3) is 0.550. The molecular weight excluding hydrogens is 387 g/mol. The van der Waals surface area contributed by atoms with Gasteiger partial charge in [-0.1, -0.05) is 38.1 Å². The highest BCUT2D eigenvalue weighted by Gasteiger charge is 2.31. The van der Waals surface area contributed by atoms with Crippen LogP contribution >= 0.6 is 0 Å². The third kappa shape index (κ3) is 7.03. The zero-order valence-corrected chi connectivity index (χ0v) is 17.5. The zero-order chi connectivity index (χ0) is 22.3. The Morgan fingerprint density at radius 3 is 2.43 bits per heavy atom. The SMILES string of the molecule is CC(C)C[C@H](NC(=O)[C@H](CCC(N)=O)NC(=O)N1CCc2ccccc2C1)B(O)O. The highest BCUT2D eigenvalue weighted by atomic mass is 16.4. The van der Waals surface area contributed by atoms with Gasteiger partial charge in [-0.2, -0.15) is 0 Å². The number of primary amides is 1. The maximum atomic E-state index is 12.8. The number of carbonyl (C=O) groups excluding carboxylic acids is 3. The van der Waals surface area contributed by atoms with E-state index in [0.29, 0.717) is 19.5 Å². The molecule has 0 bridgehead atoms. The van der Waals surface area contributed by atoms with E-state index in [-0.39, 0.29) is 18.8 Å². The molecule has 9 nitrogen and oxygen atoms in total. The van der Waals surface area contributed by atoms with Gasteiger partial charge in [0.1, 0.15) is 6.04 Å². The van der Waals surface area contributed by atoms with E-state index in [2.05, 4.69) is 10.6 Å². The molecule has 0 aliphatic carbocycles. The van der Waals surface area contributed by atoms with Crippen LogP contribution < -0.4 is 16.4 Å². The first kappa shape index (κ1) is 23.7. The molecule has 0 unspecified atom stereocenters. The predicted octanol–water partition coefficient (Wildman–Crippen LogP) is -0.0687. The van der Waals surface area contributed by atoms with Crippen molar-refractivity contribution in [2.24, 2.45) is 11.7 Å². The van der Waals surface area contributed by atoms with E-state index in [1.54, 1.807) is 4.90 Å². The van der Waals surface area contributed by atoms with Gasteiger partial charge in [-0.3, -0.25) is 9.59 Å². The Balaban J connectivity index is 2.05. The zero-order valence-electron chi connectivity index (χ0n) is 17.5. The molecule has 0 aromatic heterocycles. The summed E-state index contributed by atoms with van der Waals surface area (Å²) in [5, 5.41) is 24.4. The molecule has 0 fully saturated rings. The number of nitrogens with two attached hydrogens (primary N) is 1. The number of nitrogens with zero attached hydrogens (tertiary/aromatic N) is 1. The van der Waals surface area contributed by atoms with Crippen molar-refractivity contribution >= 4 is 25.0 Å². The van der Waals surface area contributed by atoms with Gasteiger partial charge in [-0.05, 0) is 36.3 Å². The molecule has 2 atom stereocenters. The molecule has 0 radical (unpaired) electrons. The van der Waals surface area contributed by atoms with Crippen LogP contribution in [0, 0.1) is 5.92 Å². The number of amides is 4. The van der Waals surface area contributed by atoms with E-state index in [1.165, 1.54) is 5.56 Å². The van der Waals surface area contributed by atoms with Crippen LogP contribution in [0.1, 0.15) is 44.2 Å². The molecule has 0 spiro atoms. The van der Waals surface area contributed by atoms with Gasteiger partial charge < -0.3 is 31.3 Å². The second-order valence-corrected chi connectivity index (χ2v) is 8.11. The lowest BCUT2D eigenvalue weighted by Gasteiger charge is -2.31. The van der Waals surface area contributed by atoms with Gasteiger partial charge in [0.25, 0.3) is 0 Å². The van der Waals surface area contributed by atoms with Crippen LogP contribution in [0.4, 0.5) is 4.79 Å². The maximum absolute atomic E-state index is 12.8. The largest absolute Gasteiger partial charge is 0.475 e. The maximum Gasteiger partial charge on any atom is 0.475 e. The number of hydrogen-bond acceptors (Lipinski definition) is 5. The van der Waals surface area contributed by atoms with E-state index in [1.807, 2.05) is 38.1 Å². The number of nitrogens with one attached hydrogen (secondary N) is 2. The Morgan fingerprint density at radius 2 is 1.83 bits per heavy atom. The Labute approximate surface area is 177 Å². The summed E-state index contributed by atoms with van der Waals surface area (Å²) in [6.45, 7) is 4.72. The van der Waals surface area contributed by atoms with Crippen molar-refractivity contribution in [2.45, 2.75) is 58.1 Å². The minimum atomic E-state index is -1.73. The third-order valence-electron chi connectivity index (χ3n) is 5.12. The van der Waals surface area contributed by atoms with Crippen molar-refractivity contribution in [3.63, 3.8) is 0 Å². The standard InChI is InChI=1S/C20H31BN4O5/c1-13(2)11-17(21(29)30)24-19(27)16(7-8-18(22)26)23-20(28)25-10-9-14-5-3-4-6-15(14)12-25/h3-6,13,16-17,29-30H,7-12H2,1-2H3,(H2,22,26)(H,23,28)(H,24,27)/t16-,17-/m0/s1. The van der Waals surface area contributed by atoms with Crippen LogP contribution in [0.3, 0.4) is 0 Å². The van der Waals surface area contributed by atoms with Crippen LogP contribution in [0.25, 0.3) is 0 Å². The van der Waals surface area contributed by atoms with E-state index in [0.717, 1.165) is 12.0 Å². The molecule has 30 heavy (non-hydrogen) atoms. The Bertz CT molecular complexity index is 758. The molecule has 1 aliphatic rings. The number of fused-ring (bicyclic) bond motifs is 1. The summed E-state index contributed by atoms with van der Waals surface area (Å²) in [7, 11) is -1.73. The van der Waals surface area contributed by atoms with E-state index in [4.69, 9.17) is 5.73 Å².